The summed E-state index contributed by atoms with van der Waals surface area (Å²) in [7, 11) is 0. The van der Waals surface area contributed by atoms with E-state index in [0.29, 0.717) is 11.1 Å². The van der Waals surface area contributed by atoms with Crippen LogP contribution in [0.1, 0.15) is 30.9 Å². The lowest BCUT2D eigenvalue weighted by Gasteiger charge is -2.54. The third-order valence-electron chi connectivity index (χ3n) is 5.98. The number of hydrogen-bond donors (Lipinski definition) is 6. The molecule has 0 fully saturated rings. The molecule has 1 aliphatic carbocycles. The van der Waals surface area contributed by atoms with Crippen LogP contribution in [0.2, 0.25) is 0 Å². The molecule has 0 unspecified atom stereocenters. The zero-order valence-electron chi connectivity index (χ0n) is 16.9. The molecular weight excluding hydrogens is 404 g/mol. The van der Waals surface area contributed by atoms with Gasteiger partial charge in [0.1, 0.15) is 0 Å². The van der Waals surface area contributed by atoms with E-state index in [0.717, 1.165) is 19.9 Å². The summed E-state index contributed by atoms with van der Waals surface area (Å²) in [6.07, 6.45) is 0.729. The summed E-state index contributed by atoms with van der Waals surface area (Å²) < 4.78 is 0. The van der Waals surface area contributed by atoms with Gasteiger partial charge in [-0.2, -0.15) is 0 Å². The van der Waals surface area contributed by atoms with E-state index < -0.39 is 45.8 Å². The molecule has 8 heteroatoms. The maximum Gasteiger partial charge on any atom is 0.280 e. The zero-order valence-corrected chi connectivity index (χ0v) is 16.9. The Morgan fingerprint density at radius 3 is 1.42 bits per heavy atom. The summed E-state index contributed by atoms with van der Waals surface area (Å²) in [5.74, 6) is -15.0. The van der Waals surface area contributed by atoms with Crippen molar-refractivity contribution in [1.82, 2.24) is 0 Å². The second-order valence-corrected chi connectivity index (χ2v) is 7.79. The van der Waals surface area contributed by atoms with Gasteiger partial charge in [0, 0.05) is 11.5 Å². The van der Waals surface area contributed by atoms with Crippen molar-refractivity contribution < 1.29 is 40.2 Å². The van der Waals surface area contributed by atoms with Crippen LogP contribution in [0.15, 0.2) is 72.3 Å². The molecule has 3 rings (SSSR count). The molecule has 2 aromatic carbocycles. The lowest BCUT2D eigenvalue weighted by Crippen LogP contribution is -2.79. The van der Waals surface area contributed by atoms with Gasteiger partial charge in [-0.25, -0.2) is 0 Å². The molecule has 0 aromatic heterocycles. The van der Waals surface area contributed by atoms with Crippen LogP contribution in [-0.4, -0.2) is 59.6 Å². The summed E-state index contributed by atoms with van der Waals surface area (Å²) in [6.45, 7) is 1.74. The smallest absolute Gasteiger partial charge is 0.280 e. The van der Waals surface area contributed by atoms with E-state index in [9.17, 15) is 40.2 Å². The molecule has 0 radical (unpaired) electrons. The minimum absolute atomic E-state index is 0.465. The second-order valence-electron chi connectivity index (χ2n) is 7.79. The van der Waals surface area contributed by atoms with E-state index in [2.05, 4.69) is 0 Å². The molecule has 6 N–H and O–H groups in total. The predicted molar refractivity (Wildman–Crippen MR) is 108 cm³/mol. The first-order chi connectivity index (χ1) is 14.3. The van der Waals surface area contributed by atoms with Gasteiger partial charge in [0.25, 0.3) is 5.79 Å². The van der Waals surface area contributed by atoms with Crippen LogP contribution in [0.4, 0.5) is 0 Å². The van der Waals surface area contributed by atoms with Gasteiger partial charge in [0.15, 0.2) is 17.0 Å². The molecule has 0 atom stereocenters. The predicted octanol–water partition coefficient (Wildman–Crippen LogP) is -0.0344. The maximum absolute atomic E-state index is 12.5. The number of carbonyl (C=O) groups is 2. The standard InChI is InChI=1S/C23H24O8/c1-14(24)20(15(2)25)13-18(21(26,27)23(30,31)22(20,28)29)19(16-9-5-3-6-10-16)17-11-7-4-8-12-17/h3-13,19,26-31H,1-2H3. The summed E-state index contributed by atoms with van der Waals surface area (Å²) in [6, 6.07) is 16.6. The fraction of sp³-hybridized carbons (Fsp3) is 0.304. The van der Waals surface area contributed by atoms with Gasteiger partial charge in [-0.15, -0.1) is 0 Å². The number of carbonyl (C=O) groups excluding carboxylic acids is 2. The van der Waals surface area contributed by atoms with Crippen LogP contribution in [0.25, 0.3) is 0 Å². The maximum atomic E-state index is 12.5. The van der Waals surface area contributed by atoms with Crippen molar-refractivity contribution >= 4 is 11.6 Å². The van der Waals surface area contributed by atoms with Crippen LogP contribution >= 0.6 is 0 Å². The Hall–Kier alpha value is -2.72. The fourth-order valence-corrected chi connectivity index (χ4v) is 4.22. The van der Waals surface area contributed by atoms with Crippen LogP contribution in [0, 0.1) is 5.41 Å². The number of hydrogen-bond acceptors (Lipinski definition) is 8. The molecule has 8 nitrogen and oxygen atoms in total. The Bertz CT molecular complexity index is 969. The highest BCUT2D eigenvalue weighted by molar-refractivity contribution is 6.09. The van der Waals surface area contributed by atoms with E-state index in [1.807, 2.05) is 0 Å². The van der Waals surface area contributed by atoms with E-state index in [1.54, 1.807) is 60.7 Å². The Labute approximate surface area is 178 Å². The van der Waals surface area contributed by atoms with Crippen molar-refractivity contribution in [3.05, 3.63) is 83.4 Å². The number of rotatable bonds is 5. The first-order valence-electron chi connectivity index (χ1n) is 9.51. The molecule has 0 heterocycles. The minimum atomic E-state index is -4.11. The number of Topliss-reactive ketones (excluding diaryl/α,β-unsaturated/α-hetero) is 2. The van der Waals surface area contributed by atoms with Crippen LogP contribution in [0.5, 0.6) is 0 Å². The summed E-state index contributed by atoms with van der Waals surface area (Å²) in [5.41, 5.74) is -2.51. The lowest BCUT2D eigenvalue weighted by atomic mass is 9.59. The highest BCUT2D eigenvalue weighted by Crippen LogP contribution is 2.54. The number of benzene rings is 2. The van der Waals surface area contributed by atoms with E-state index in [1.165, 1.54) is 0 Å². The Kier molecular flexibility index (Phi) is 5.52. The Morgan fingerprint density at radius 2 is 1.06 bits per heavy atom. The molecule has 0 bridgehead atoms. The van der Waals surface area contributed by atoms with Crippen molar-refractivity contribution in [3.63, 3.8) is 0 Å². The molecule has 0 spiro atoms. The van der Waals surface area contributed by atoms with Gasteiger partial charge in [-0.05, 0) is 25.0 Å². The Morgan fingerprint density at radius 1 is 0.677 bits per heavy atom. The van der Waals surface area contributed by atoms with Crippen LogP contribution < -0.4 is 0 Å². The first kappa shape index (κ1) is 23.0. The van der Waals surface area contributed by atoms with Crippen molar-refractivity contribution in [2.75, 3.05) is 0 Å². The van der Waals surface area contributed by atoms with E-state index >= 15 is 0 Å². The number of ketones is 2. The highest BCUT2D eigenvalue weighted by atomic mass is 16.7. The molecule has 0 saturated carbocycles. The molecule has 2 aromatic rings. The SMILES string of the molecule is CC(=O)C1(C(C)=O)C=C(C(c2ccccc2)c2ccccc2)C(O)(O)C(O)(O)C1(O)O. The molecule has 31 heavy (non-hydrogen) atoms. The minimum Gasteiger partial charge on any atom is -0.360 e. The van der Waals surface area contributed by atoms with Crippen LogP contribution in [-0.2, 0) is 9.59 Å². The molecular formula is C23H24O8. The average molecular weight is 428 g/mol. The first-order valence-corrected chi connectivity index (χ1v) is 9.51. The molecule has 0 saturated heterocycles. The summed E-state index contributed by atoms with van der Waals surface area (Å²) in [4.78, 5) is 25.1. The second kappa shape index (κ2) is 7.45. The quantitative estimate of drug-likeness (QED) is 0.220. The van der Waals surface area contributed by atoms with E-state index in [-0.39, 0.29) is 0 Å². The van der Waals surface area contributed by atoms with Crippen molar-refractivity contribution in [1.29, 1.82) is 0 Å². The third kappa shape index (κ3) is 3.08. The number of aliphatic hydroxyl groups is 6. The molecule has 164 valence electrons. The summed E-state index contributed by atoms with van der Waals surface area (Å²) in [5, 5.41) is 64.0. The van der Waals surface area contributed by atoms with Crippen molar-refractivity contribution in [3.8, 4) is 0 Å². The van der Waals surface area contributed by atoms with Gasteiger partial charge in [-0.1, -0.05) is 66.7 Å². The monoisotopic (exact) mass is 428 g/mol. The zero-order chi connectivity index (χ0) is 23.2. The van der Waals surface area contributed by atoms with Gasteiger partial charge in [0.2, 0.25) is 11.6 Å². The third-order valence-corrected chi connectivity index (χ3v) is 5.98. The van der Waals surface area contributed by atoms with Crippen molar-refractivity contribution in [2.45, 2.75) is 37.1 Å². The molecule has 0 amide bonds. The highest BCUT2D eigenvalue weighted by Gasteiger charge is 2.77. The van der Waals surface area contributed by atoms with Gasteiger partial charge < -0.3 is 30.6 Å². The molecule has 0 aliphatic heterocycles. The average Bonchev–Trinajstić information content (AvgIpc) is 2.70. The van der Waals surface area contributed by atoms with Crippen LogP contribution in [0.3, 0.4) is 0 Å². The largest absolute Gasteiger partial charge is 0.360 e. The van der Waals surface area contributed by atoms with Crippen molar-refractivity contribution in [2.24, 2.45) is 5.41 Å². The fourth-order valence-electron chi connectivity index (χ4n) is 4.22. The topological polar surface area (TPSA) is 156 Å². The summed E-state index contributed by atoms with van der Waals surface area (Å²) >= 11 is 0. The Balaban J connectivity index is 2.46. The van der Waals surface area contributed by atoms with Gasteiger partial charge in [-0.3, -0.25) is 9.59 Å². The normalized spacial score (nSPS) is 20.7. The van der Waals surface area contributed by atoms with E-state index in [4.69, 9.17) is 0 Å². The van der Waals surface area contributed by atoms with Gasteiger partial charge in [0.05, 0.1) is 0 Å². The van der Waals surface area contributed by atoms with Gasteiger partial charge >= 0.3 is 0 Å². The lowest BCUT2D eigenvalue weighted by molar-refractivity contribution is -0.459. The molecule has 1 aliphatic rings.